The van der Waals surface area contributed by atoms with Crippen molar-refractivity contribution in [1.82, 2.24) is 4.90 Å². The van der Waals surface area contributed by atoms with Gasteiger partial charge in [0.1, 0.15) is 5.58 Å². The van der Waals surface area contributed by atoms with Gasteiger partial charge in [-0.1, -0.05) is 12.1 Å². The quantitative estimate of drug-likeness (QED) is 0.564. The molecule has 0 radical (unpaired) electrons. The minimum absolute atomic E-state index is 0.0819. The normalized spacial score (nSPS) is 15.6. The molecule has 0 fully saturated rings. The summed E-state index contributed by atoms with van der Waals surface area (Å²) < 4.78 is 5.32. The molecule has 34 heavy (non-hydrogen) atoms. The molecule has 9 heteroatoms. The molecule has 2 N–H and O–H groups in total. The molecule has 0 saturated carbocycles. The molecule has 9 nitrogen and oxygen atoms in total. The van der Waals surface area contributed by atoms with Gasteiger partial charge in [0, 0.05) is 49.1 Å². The molecule has 3 aromatic rings. The van der Waals surface area contributed by atoms with Gasteiger partial charge in [0.25, 0.3) is 0 Å². The number of hydrogen-bond donors (Lipinski definition) is 2. The Hall–Kier alpha value is -3.98. The molecule has 4 rings (SSSR count). The third-order valence-corrected chi connectivity index (χ3v) is 5.62. The number of benzene rings is 2. The van der Waals surface area contributed by atoms with Crippen LogP contribution in [0.1, 0.15) is 25.8 Å². The molecule has 2 heterocycles. The van der Waals surface area contributed by atoms with E-state index in [-0.39, 0.29) is 36.7 Å². The largest absolute Gasteiger partial charge is 0.423 e. The van der Waals surface area contributed by atoms with Crippen molar-refractivity contribution >= 4 is 45.8 Å². The molecular weight excluding hydrogens is 436 g/mol. The monoisotopic (exact) mass is 462 g/mol. The van der Waals surface area contributed by atoms with Crippen molar-refractivity contribution in [3.8, 4) is 0 Å². The number of para-hydroxylation sites is 2. The molecule has 3 amide bonds. The summed E-state index contributed by atoms with van der Waals surface area (Å²) in [6, 6.07) is 13.5. The molecule has 1 atom stereocenters. The number of nitrogens with zero attached hydrogens (tertiary/aromatic N) is 2. The number of carbonyl (C=O) groups excluding carboxylic acids is 3. The van der Waals surface area contributed by atoms with Gasteiger partial charge in [0.15, 0.2) is 0 Å². The van der Waals surface area contributed by atoms with E-state index in [0.29, 0.717) is 34.8 Å². The number of nitrogens with one attached hydrogen (secondary N) is 2. The summed E-state index contributed by atoms with van der Waals surface area (Å²) in [6.07, 6.45) is 0.200. The van der Waals surface area contributed by atoms with Crippen molar-refractivity contribution in [2.45, 2.75) is 32.9 Å². The Morgan fingerprint density at radius 1 is 1.18 bits per heavy atom. The lowest BCUT2D eigenvalue weighted by molar-refractivity contribution is -0.120. The van der Waals surface area contributed by atoms with E-state index in [1.54, 1.807) is 36.2 Å². The molecule has 1 aliphatic rings. The third kappa shape index (κ3) is 4.99. The Bertz CT molecular complexity index is 1330. The van der Waals surface area contributed by atoms with Crippen molar-refractivity contribution in [2.24, 2.45) is 0 Å². The average Bonchev–Trinajstić information content (AvgIpc) is 2.86. The number of amides is 3. The Morgan fingerprint density at radius 3 is 2.71 bits per heavy atom. The van der Waals surface area contributed by atoms with Crippen LogP contribution in [0.3, 0.4) is 0 Å². The second-order valence-electron chi connectivity index (χ2n) is 8.54. The van der Waals surface area contributed by atoms with Gasteiger partial charge in [0.2, 0.25) is 17.7 Å². The van der Waals surface area contributed by atoms with Gasteiger partial charge >= 0.3 is 5.63 Å². The summed E-state index contributed by atoms with van der Waals surface area (Å²) in [5.74, 6) is -0.513. The molecule has 176 valence electrons. The second kappa shape index (κ2) is 9.48. The Kier molecular flexibility index (Phi) is 6.47. The van der Waals surface area contributed by atoms with Gasteiger partial charge in [0.05, 0.1) is 17.9 Å². The topological polar surface area (TPSA) is 112 Å². The number of rotatable bonds is 5. The zero-order chi connectivity index (χ0) is 24.4. The van der Waals surface area contributed by atoms with Crippen LogP contribution in [0.4, 0.5) is 17.1 Å². The molecule has 0 unspecified atom stereocenters. The SMILES string of the molecule is CC(=O)Nc1ccc2c(CN(C)CC(=O)N3c4ccccc4NC(=O)C[C@@H]3C)cc(=O)oc2c1. The van der Waals surface area contributed by atoms with Crippen molar-refractivity contribution < 1.29 is 18.8 Å². The minimum atomic E-state index is -0.512. The van der Waals surface area contributed by atoms with Crippen molar-refractivity contribution in [1.29, 1.82) is 0 Å². The van der Waals surface area contributed by atoms with Crippen LogP contribution in [0.2, 0.25) is 0 Å². The zero-order valence-corrected chi connectivity index (χ0v) is 19.3. The van der Waals surface area contributed by atoms with Crippen LogP contribution in [0.25, 0.3) is 11.0 Å². The number of carbonyl (C=O) groups is 3. The van der Waals surface area contributed by atoms with Gasteiger partial charge in [-0.25, -0.2) is 4.79 Å². The predicted octanol–water partition coefficient (Wildman–Crippen LogP) is 2.95. The first-order chi connectivity index (χ1) is 16.2. The highest BCUT2D eigenvalue weighted by Crippen LogP contribution is 2.31. The predicted molar refractivity (Wildman–Crippen MR) is 130 cm³/mol. The van der Waals surface area contributed by atoms with E-state index < -0.39 is 5.63 Å². The summed E-state index contributed by atoms with van der Waals surface area (Å²) >= 11 is 0. The highest BCUT2D eigenvalue weighted by atomic mass is 16.4. The summed E-state index contributed by atoms with van der Waals surface area (Å²) in [4.78, 5) is 52.5. The maximum atomic E-state index is 13.3. The van der Waals surface area contributed by atoms with E-state index >= 15 is 0 Å². The molecule has 2 aromatic carbocycles. The first-order valence-corrected chi connectivity index (χ1v) is 10.9. The number of anilines is 3. The van der Waals surface area contributed by atoms with Gasteiger partial charge in [-0.2, -0.15) is 0 Å². The fourth-order valence-electron chi connectivity index (χ4n) is 4.26. The van der Waals surface area contributed by atoms with Gasteiger partial charge in [-0.05, 0) is 43.8 Å². The summed E-state index contributed by atoms with van der Waals surface area (Å²) in [5, 5.41) is 6.24. The first-order valence-electron chi connectivity index (χ1n) is 10.9. The molecule has 1 aliphatic heterocycles. The van der Waals surface area contributed by atoms with E-state index in [0.717, 1.165) is 5.39 Å². The van der Waals surface area contributed by atoms with Crippen LogP contribution in [-0.2, 0) is 20.9 Å². The number of likely N-dealkylation sites (N-methyl/N-ethyl adjacent to an activating group) is 1. The molecule has 0 saturated heterocycles. The zero-order valence-electron chi connectivity index (χ0n) is 19.3. The van der Waals surface area contributed by atoms with E-state index in [1.807, 2.05) is 30.0 Å². The van der Waals surface area contributed by atoms with E-state index in [1.165, 1.54) is 13.0 Å². The summed E-state index contributed by atoms with van der Waals surface area (Å²) in [6.45, 7) is 3.66. The third-order valence-electron chi connectivity index (χ3n) is 5.62. The van der Waals surface area contributed by atoms with Gasteiger partial charge in [-0.15, -0.1) is 0 Å². The highest BCUT2D eigenvalue weighted by molar-refractivity contribution is 6.05. The number of hydrogen-bond acceptors (Lipinski definition) is 6. The molecular formula is C25H26N4O5. The highest BCUT2D eigenvalue weighted by Gasteiger charge is 2.30. The summed E-state index contributed by atoms with van der Waals surface area (Å²) in [7, 11) is 1.79. The van der Waals surface area contributed by atoms with Crippen LogP contribution in [-0.4, -0.2) is 42.3 Å². The summed E-state index contributed by atoms with van der Waals surface area (Å²) in [5.41, 5.74) is 2.35. The standard InChI is InChI=1S/C25H26N4O5/c1-15-10-23(31)27-20-6-4-5-7-21(20)29(15)24(32)14-28(3)13-17-11-25(33)34-22-12-18(26-16(2)30)8-9-19(17)22/h4-9,11-12,15H,10,13-14H2,1-3H3,(H,26,30)(H,27,31)/t15-/m0/s1. The second-order valence-corrected chi connectivity index (χ2v) is 8.54. The lowest BCUT2D eigenvalue weighted by Crippen LogP contribution is -2.44. The van der Waals surface area contributed by atoms with Crippen molar-refractivity contribution in [3.63, 3.8) is 0 Å². The van der Waals surface area contributed by atoms with Crippen molar-refractivity contribution in [2.75, 3.05) is 29.1 Å². The molecule has 0 bridgehead atoms. The van der Waals surface area contributed by atoms with Crippen molar-refractivity contribution in [3.05, 3.63) is 64.5 Å². The Labute approximate surface area is 196 Å². The lowest BCUT2D eigenvalue weighted by atomic mass is 10.1. The van der Waals surface area contributed by atoms with Crippen LogP contribution in [0.5, 0.6) is 0 Å². The lowest BCUT2D eigenvalue weighted by Gasteiger charge is -2.29. The fraction of sp³-hybridized carbons (Fsp3) is 0.280. The minimum Gasteiger partial charge on any atom is -0.423 e. The molecule has 0 aliphatic carbocycles. The van der Waals surface area contributed by atoms with E-state index in [2.05, 4.69) is 10.6 Å². The maximum Gasteiger partial charge on any atom is 0.336 e. The van der Waals surface area contributed by atoms with E-state index in [9.17, 15) is 19.2 Å². The molecule has 1 aromatic heterocycles. The first kappa shape index (κ1) is 23.2. The van der Waals surface area contributed by atoms with Crippen LogP contribution in [0.15, 0.2) is 57.7 Å². The Morgan fingerprint density at radius 2 is 1.94 bits per heavy atom. The van der Waals surface area contributed by atoms with Crippen LogP contribution < -0.4 is 21.2 Å². The van der Waals surface area contributed by atoms with Gasteiger partial charge < -0.3 is 20.0 Å². The maximum absolute atomic E-state index is 13.3. The average molecular weight is 463 g/mol. The van der Waals surface area contributed by atoms with Gasteiger partial charge in [-0.3, -0.25) is 19.3 Å². The van der Waals surface area contributed by atoms with Crippen LogP contribution in [0, 0.1) is 0 Å². The van der Waals surface area contributed by atoms with E-state index in [4.69, 9.17) is 4.42 Å². The fourth-order valence-corrected chi connectivity index (χ4v) is 4.26. The Balaban J connectivity index is 1.56. The smallest absolute Gasteiger partial charge is 0.336 e. The molecule has 0 spiro atoms. The van der Waals surface area contributed by atoms with Crippen LogP contribution >= 0.6 is 0 Å². The number of fused-ring (bicyclic) bond motifs is 2.